The van der Waals surface area contributed by atoms with Crippen LogP contribution in [0.25, 0.3) is 0 Å². The molecule has 0 aromatic heterocycles. The molecule has 1 aliphatic heterocycles. The number of rotatable bonds is 4. The summed E-state index contributed by atoms with van der Waals surface area (Å²) in [6.45, 7) is 3.35. The van der Waals surface area contributed by atoms with Crippen LogP contribution in [0.15, 0.2) is 0 Å². The van der Waals surface area contributed by atoms with Gasteiger partial charge in [0.15, 0.2) is 0 Å². The molecule has 2 fully saturated rings. The number of hydrogen-bond donors (Lipinski definition) is 2. The van der Waals surface area contributed by atoms with Gasteiger partial charge in [0, 0.05) is 0 Å². The number of carbonyl (C=O) groups is 2. The van der Waals surface area contributed by atoms with Crippen LogP contribution < -0.4 is 10.6 Å². The van der Waals surface area contributed by atoms with Gasteiger partial charge in [-0.1, -0.05) is 6.42 Å². The van der Waals surface area contributed by atoms with Gasteiger partial charge in [0.2, 0.25) is 0 Å². The molecule has 120 valence electrons. The Labute approximate surface area is 125 Å². The van der Waals surface area contributed by atoms with E-state index in [1.54, 1.807) is 6.92 Å². The Bertz CT molecular complexity index is 350. The van der Waals surface area contributed by atoms with Crippen molar-refractivity contribution in [1.29, 1.82) is 0 Å². The molecular weight excluding hydrogens is 272 g/mol. The van der Waals surface area contributed by atoms with Crippen molar-refractivity contribution in [3.8, 4) is 0 Å². The zero-order valence-corrected chi connectivity index (χ0v) is 12.7. The molecule has 0 bridgehead atoms. The molecule has 2 rings (SSSR count). The second-order valence-electron chi connectivity index (χ2n) is 5.92. The molecule has 21 heavy (non-hydrogen) atoms. The summed E-state index contributed by atoms with van der Waals surface area (Å²) in [6.07, 6.45) is 6.33. The fraction of sp³-hybridized carbons (Fsp3) is 0.867. The molecule has 0 aromatic rings. The second-order valence-corrected chi connectivity index (χ2v) is 5.92. The summed E-state index contributed by atoms with van der Waals surface area (Å²) in [5.74, 6) is -0.371. The van der Waals surface area contributed by atoms with Gasteiger partial charge in [-0.3, -0.25) is 0 Å². The minimum Gasteiger partial charge on any atom is -0.461 e. The molecule has 1 saturated heterocycles. The van der Waals surface area contributed by atoms with Crippen molar-refractivity contribution >= 4 is 12.1 Å². The number of carbonyl (C=O) groups excluding carboxylic acids is 2. The quantitative estimate of drug-likeness (QED) is 0.773. The summed E-state index contributed by atoms with van der Waals surface area (Å²) in [5.41, 5.74) is 0. The van der Waals surface area contributed by atoms with Gasteiger partial charge >= 0.3 is 12.1 Å². The molecule has 0 spiro atoms. The van der Waals surface area contributed by atoms with Gasteiger partial charge in [-0.15, -0.1) is 0 Å². The van der Waals surface area contributed by atoms with Gasteiger partial charge in [0.1, 0.15) is 18.2 Å². The lowest BCUT2D eigenvalue weighted by atomic mass is 9.98. The number of nitrogens with one attached hydrogen (secondary N) is 2. The summed E-state index contributed by atoms with van der Waals surface area (Å²) >= 11 is 0. The van der Waals surface area contributed by atoms with Gasteiger partial charge < -0.3 is 20.1 Å². The third-order valence-corrected chi connectivity index (χ3v) is 4.08. The van der Waals surface area contributed by atoms with Crippen molar-refractivity contribution in [2.24, 2.45) is 0 Å². The predicted molar refractivity (Wildman–Crippen MR) is 77.9 cm³/mol. The van der Waals surface area contributed by atoms with Crippen molar-refractivity contribution < 1.29 is 19.1 Å². The van der Waals surface area contributed by atoms with Crippen LogP contribution in [0.3, 0.4) is 0 Å². The Morgan fingerprint density at radius 1 is 1.00 bits per heavy atom. The van der Waals surface area contributed by atoms with Gasteiger partial charge in [0.25, 0.3) is 0 Å². The first-order chi connectivity index (χ1) is 10.1. The van der Waals surface area contributed by atoms with Crippen molar-refractivity contribution in [2.45, 2.75) is 70.1 Å². The maximum Gasteiger partial charge on any atom is 0.408 e. The molecule has 2 N–H and O–H groups in total. The summed E-state index contributed by atoms with van der Waals surface area (Å²) in [5, 5.41) is 5.77. The average Bonchev–Trinajstić information content (AvgIpc) is 2.49. The number of amides is 1. The predicted octanol–water partition coefficient (Wildman–Crippen LogP) is 1.73. The molecule has 1 amide bonds. The number of ether oxygens (including phenoxy) is 2. The van der Waals surface area contributed by atoms with E-state index in [0.29, 0.717) is 0 Å². The van der Waals surface area contributed by atoms with E-state index in [0.717, 1.165) is 51.6 Å². The van der Waals surface area contributed by atoms with E-state index >= 15 is 0 Å². The van der Waals surface area contributed by atoms with Gasteiger partial charge in [-0.25, -0.2) is 9.59 Å². The Kier molecular flexibility index (Phi) is 6.29. The summed E-state index contributed by atoms with van der Waals surface area (Å²) < 4.78 is 10.7. The third-order valence-electron chi connectivity index (χ3n) is 4.08. The second kappa shape index (κ2) is 8.22. The Hall–Kier alpha value is -1.30. The highest BCUT2D eigenvalue weighted by molar-refractivity contribution is 5.81. The average molecular weight is 298 g/mol. The van der Waals surface area contributed by atoms with Crippen LogP contribution in [-0.2, 0) is 14.3 Å². The normalized spacial score (nSPS) is 22.3. The van der Waals surface area contributed by atoms with E-state index in [9.17, 15) is 9.59 Å². The SMILES string of the molecule is C[C@H](NC(=O)OC1CCNCC1)C(=O)OC1CCCCC1. The van der Waals surface area contributed by atoms with Crippen LogP contribution in [-0.4, -0.2) is 43.4 Å². The van der Waals surface area contributed by atoms with E-state index < -0.39 is 12.1 Å². The van der Waals surface area contributed by atoms with Crippen molar-refractivity contribution in [3.63, 3.8) is 0 Å². The lowest BCUT2D eigenvalue weighted by Crippen LogP contribution is -2.43. The van der Waals surface area contributed by atoms with Crippen molar-refractivity contribution in [3.05, 3.63) is 0 Å². The monoisotopic (exact) mass is 298 g/mol. The number of esters is 1. The molecule has 1 aliphatic carbocycles. The van der Waals surface area contributed by atoms with Crippen molar-refractivity contribution in [2.75, 3.05) is 13.1 Å². The first kappa shape index (κ1) is 16.1. The summed E-state index contributed by atoms with van der Waals surface area (Å²) in [6, 6.07) is -0.666. The topological polar surface area (TPSA) is 76.7 Å². The highest BCUT2D eigenvalue weighted by Gasteiger charge is 2.24. The van der Waals surface area contributed by atoms with Gasteiger partial charge in [-0.05, 0) is 58.5 Å². The zero-order chi connectivity index (χ0) is 15.1. The Morgan fingerprint density at radius 2 is 1.62 bits per heavy atom. The van der Waals surface area contributed by atoms with Gasteiger partial charge in [-0.2, -0.15) is 0 Å². The molecule has 1 heterocycles. The van der Waals surface area contributed by atoms with E-state index in [4.69, 9.17) is 9.47 Å². The van der Waals surface area contributed by atoms with Crippen LogP contribution in [0.2, 0.25) is 0 Å². The Balaban J connectivity index is 1.67. The number of hydrogen-bond acceptors (Lipinski definition) is 5. The van der Waals surface area contributed by atoms with Crippen LogP contribution in [0, 0.1) is 0 Å². The third kappa shape index (κ3) is 5.53. The fourth-order valence-corrected chi connectivity index (χ4v) is 2.78. The molecule has 6 heteroatoms. The zero-order valence-electron chi connectivity index (χ0n) is 12.7. The minimum atomic E-state index is -0.666. The lowest BCUT2D eigenvalue weighted by molar-refractivity contribution is -0.152. The molecule has 1 atom stereocenters. The van der Waals surface area contributed by atoms with Crippen LogP contribution in [0.5, 0.6) is 0 Å². The first-order valence-electron chi connectivity index (χ1n) is 8.03. The standard InChI is InChI=1S/C15H26N2O4/c1-11(14(18)20-12-5-3-2-4-6-12)17-15(19)21-13-7-9-16-10-8-13/h11-13,16H,2-10H2,1H3,(H,17,19)/t11-/m0/s1. The molecule has 0 radical (unpaired) electrons. The van der Waals surface area contributed by atoms with Crippen LogP contribution in [0.1, 0.15) is 51.9 Å². The summed E-state index contributed by atoms with van der Waals surface area (Å²) in [4.78, 5) is 23.7. The van der Waals surface area contributed by atoms with Crippen LogP contribution >= 0.6 is 0 Å². The molecule has 0 aromatic carbocycles. The molecular formula is C15H26N2O4. The first-order valence-corrected chi connectivity index (χ1v) is 8.03. The molecule has 6 nitrogen and oxygen atoms in total. The largest absolute Gasteiger partial charge is 0.461 e. The maximum absolute atomic E-state index is 11.9. The highest BCUT2D eigenvalue weighted by Crippen LogP contribution is 2.20. The van der Waals surface area contributed by atoms with Crippen molar-refractivity contribution in [1.82, 2.24) is 10.6 Å². The molecule has 0 unspecified atom stereocenters. The Morgan fingerprint density at radius 3 is 2.29 bits per heavy atom. The van der Waals surface area contributed by atoms with E-state index in [-0.39, 0.29) is 18.2 Å². The van der Waals surface area contributed by atoms with Gasteiger partial charge in [0.05, 0.1) is 0 Å². The molecule has 1 saturated carbocycles. The molecule has 2 aliphatic rings. The van der Waals surface area contributed by atoms with E-state index in [1.165, 1.54) is 6.42 Å². The number of piperidine rings is 1. The maximum atomic E-state index is 11.9. The fourth-order valence-electron chi connectivity index (χ4n) is 2.78. The smallest absolute Gasteiger partial charge is 0.408 e. The summed E-state index contributed by atoms with van der Waals surface area (Å²) in [7, 11) is 0. The highest BCUT2D eigenvalue weighted by atomic mass is 16.6. The van der Waals surface area contributed by atoms with Crippen LogP contribution in [0.4, 0.5) is 4.79 Å². The lowest BCUT2D eigenvalue weighted by Gasteiger charge is -2.25. The van der Waals surface area contributed by atoms with E-state index in [1.807, 2.05) is 0 Å². The number of alkyl carbamates (subject to hydrolysis) is 1. The van der Waals surface area contributed by atoms with E-state index in [2.05, 4.69) is 10.6 Å². The minimum absolute atomic E-state index is 0.0101.